The number of nitro groups is 1. The van der Waals surface area contributed by atoms with Gasteiger partial charge in [-0.15, -0.1) is 0 Å². The first kappa shape index (κ1) is 9.13. The predicted octanol–water partition coefficient (Wildman–Crippen LogP) is 1.09. The van der Waals surface area contributed by atoms with Gasteiger partial charge in [0.25, 0.3) is 0 Å². The fourth-order valence-electron chi connectivity index (χ4n) is 1.28. The molecular weight excluding hydrogens is 310 g/mol. The summed E-state index contributed by atoms with van der Waals surface area (Å²) in [7, 11) is 0. The minimum absolute atomic E-state index is 0.113. The summed E-state index contributed by atoms with van der Waals surface area (Å²) in [5, 5.41) is 10.6. The van der Waals surface area contributed by atoms with Gasteiger partial charge in [0.1, 0.15) is 0 Å². The van der Waals surface area contributed by atoms with E-state index in [1.165, 1.54) is 14.3 Å². The van der Waals surface area contributed by atoms with Crippen LogP contribution in [0.25, 0.3) is 0 Å². The van der Waals surface area contributed by atoms with E-state index < -0.39 is 25.4 Å². The molecule has 0 amide bonds. The fraction of sp³-hybridized carbons (Fsp3) is 0.222. The number of imidazole rings is 1. The normalized spacial score (nSPS) is 11.3. The summed E-state index contributed by atoms with van der Waals surface area (Å²) < 4.78 is 11.0. The average molecular weight is 320 g/mol. The van der Waals surface area contributed by atoms with Crippen molar-refractivity contribution in [3.63, 3.8) is 0 Å². The van der Waals surface area contributed by atoms with E-state index in [4.69, 9.17) is 1.37 Å². The third-order valence-electron chi connectivity index (χ3n) is 1.98. The molecule has 2 heterocycles. The van der Waals surface area contributed by atoms with Crippen LogP contribution in [-0.2, 0) is 13.0 Å². The second kappa shape index (κ2) is 4.60. The Morgan fingerprint density at radius 1 is 1.73 bits per heavy atom. The Balaban J connectivity index is 2.04. The van der Waals surface area contributed by atoms with Gasteiger partial charge in [0, 0.05) is 0 Å². The van der Waals surface area contributed by atoms with Gasteiger partial charge in [0.15, 0.2) is 0 Å². The van der Waals surface area contributed by atoms with Gasteiger partial charge in [-0.3, -0.25) is 0 Å². The first-order chi connectivity index (χ1) is 7.66. The Labute approximate surface area is 97.5 Å². The second-order valence-corrected chi connectivity index (χ2v) is 5.70. The molecule has 0 atom stereocenters. The quantitative estimate of drug-likeness (QED) is 0.481. The maximum absolute atomic E-state index is 10.6. The van der Waals surface area contributed by atoms with Gasteiger partial charge >= 0.3 is 97.5 Å². The first-order valence-corrected chi connectivity index (χ1v) is 6.70. The van der Waals surface area contributed by atoms with Crippen LogP contribution >= 0.6 is 0 Å². The van der Waals surface area contributed by atoms with E-state index in [1.807, 2.05) is 12.1 Å². The molecule has 5 nitrogen and oxygen atoms in total. The monoisotopic (exact) mass is 322 g/mol. The van der Waals surface area contributed by atoms with Crippen LogP contribution < -0.4 is 0 Å². The summed E-state index contributed by atoms with van der Waals surface area (Å²) in [4.78, 5) is 13.8. The summed E-state index contributed by atoms with van der Waals surface area (Å²) in [6.45, 7) is 0.564. The molecule has 2 aromatic heterocycles. The number of aryl methyl sites for hydroxylation is 2. The number of rotatable bonds is 4. The minimum atomic E-state index is -0.486. The molecule has 0 aliphatic carbocycles. The van der Waals surface area contributed by atoms with Crippen LogP contribution in [-0.4, -0.2) is 34.9 Å². The molecule has 0 unspecified atom stereocenters. The molecule has 0 aliphatic rings. The van der Waals surface area contributed by atoms with Crippen LogP contribution in [0.4, 0.5) is 5.95 Å². The topological polar surface area (TPSA) is 61.0 Å². The Hall–Kier alpha value is -1.12. The molecule has 0 aromatic carbocycles. The van der Waals surface area contributed by atoms with Gasteiger partial charge in [-0.1, -0.05) is 0 Å². The molecule has 0 radical (unpaired) electrons. The van der Waals surface area contributed by atoms with Crippen molar-refractivity contribution < 1.29 is 6.29 Å². The number of aromatic nitrogens is 2. The molecule has 0 fully saturated rings. The molecule has 0 aliphatic heterocycles. The van der Waals surface area contributed by atoms with Crippen LogP contribution in [0.2, 0.25) is 0 Å². The summed E-state index contributed by atoms with van der Waals surface area (Å²) in [5.41, 5.74) is 0. The Morgan fingerprint density at radius 3 is 3.27 bits per heavy atom. The van der Waals surface area contributed by atoms with E-state index in [2.05, 4.69) is 4.98 Å². The molecule has 2 rings (SSSR count). The zero-order chi connectivity index (χ0) is 11.5. The molecule has 0 saturated carbocycles. The summed E-state index contributed by atoms with van der Waals surface area (Å²) >= 11 is -0.486. The Kier molecular flexibility index (Phi) is 2.80. The molecule has 2 aromatic rings. The number of nitrogens with zero attached hydrogens (tertiary/aromatic N) is 3. The van der Waals surface area contributed by atoms with Crippen LogP contribution in [0, 0.1) is 10.1 Å². The molecule has 78 valence electrons. The third-order valence-corrected chi connectivity index (χ3v) is 4.43. The molecule has 0 bridgehead atoms. The van der Waals surface area contributed by atoms with Crippen molar-refractivity contribution in [1.29, 1.82) is 0 Å². The zero-order valence-corrected chi connectivity index (χ0v) is 10.1. The van der Waals surface area contributed by atoms with Crippen molar-refractivity contribution in [3.05, 3.63) is 42.3 Å². The molecule has 15 heavy (non-hydrogen) atoms. The van der Waals surface area contributed by atoms with Crippen molar-refractivity contribution in [1.82, 2.24) is 9.55 Å². The molecule has 0 spiro atoms. The molecule has 6 heteroatoms. The number of hydrogen-bond acceptors (Lipinski definition) is 3. The van der Waals surface area contributed by atoms with E-state index in [9.17, 15) is 10.1 Å². The van der Waals surface area contributed by atoms with Gasteiger partial charge < -0.3 is 0 Å². The van der Waals surface area contributed by atoms with Gasteiger partial charge in [-0.25, -0.2) is 0 Å². The number of hydrogen-bond donors (Lipinski definition) is 0. The van der Waals surface area contributed by atoms with Crippen molar-refractivity contribution in [2.45, 2.75) is 13.0 Å². The van der Waals surface area contributed by atoms with Gasteiger partial charge in [0.05, 0.1) is 0 Å². The predicted molar refractivity (Wildman–Crippen MR) is 56.0 cm³/mol. The van der Waals surface area contributed by atoms with E-state index in [0.717, 1.165) is 10.5 Å². The maximum atomic E-state index is 10.6. The van der Waals surface area contributed by atoms with Gasteiger partial charge in [0.2, 0.25) is 0 Å². The molecule has 0 N–H and O–H groups in total. The van der Waals surface area contributed by atoms with E-state index in [-0.39, 0.29) is 5.95 Å². The Bertz CT molecular complexity index is 508. The van der Waals surface area contributed by atoms with Gasteiger partial charge in [-0.05, 0) is 0 Å². The van der Waals surface area contributed by atoms with E-state index >= 15 is 0 Å². The van der Waals surface area contributed by atoms with Crippen LogP contribution in [0.3, 0.4) is 0 Å². The van der Waals surface area contributed by atoms with E-state index in [1.54, 1.807) is 6.20 Å². The third kappa shape index (κ3) is 2.46. The van der Waals surface area contributed by atoms with Crippen molar-refractivity contribution >= 4 is 26.4 Å². The first-order valence-electron chi connectivity index (χ1n) is 4.87. The van der Waals surface area contributed by atoms with Gasteiger partial charge in [-0.2, -0.15) is 0 Å². The van der Waals surface area contributed by atoms with Crippen molar-refractivity contribution in [3.8, 4) is 0 Å². The zero-order valence-electron chi connectivity index (χ0n) is 8.79. The van der Waals surface area contributed by atoms with Crippen LogP contribution in [0.5, 0.6) is 0 Å². The molecule has 0 saturated heterocycles. The van der Waals surface area contributed by atoms with Crippen LogP contribution in [0.15, 0.2) is 28.6 Å². The van der Waals surface area contributed by atoms with E-state index in [0.29, 0.717) is 6.54 Å². The summed E-state index contributed by atoms with van der Waals surface area (Å²) in [6.07, 6.45) is 3.83. The standard InChI is InChI=1S/C9H9N3O2Te/c13-12(14)9-10-4-6-11(9)5-3-8-2-1-7-15-8/h1-2,4,6-7H,3,5H2/i7D. The van der Waals surface area contributed by atoms with Crippen molar-refractivity contribution in [2.75, 3.05) is 0 Å². The van der Waals surface area contributed by atoms with Crippen molar-refractivity contribution in [2.24, 2.45) is 0 Å². The second-order valence-electron chi connectivity index (χ2n) is 2.95. The fourth-order valence-corrected chi connectivity index (χ4v) is 3.04. The average Bonchev–Trinajstić information content (AvgIpc) is 2.83. The summed E-state index contributed by atoms with van der Waals surface area (Å²) in [6, 6.07) is 3.78. The Morgan fingerprint density at radius 2 is 2.60 bits per heavy atom. The van der Waals surface area contributed by atoms with Crippen LogP contribution in [0.1, 0.15) is 4.95 Å². The summed E-state index contributed by atoms with van der Waals surface area (Å²) in [5.74, 6) is -0.113. The SMILES string of the molecule is [2H]c1ccc(CCn2ccnc2[N+](=O)[O-])[te]1. The molecular formula is C9H9N3O2Te.